The Morgan fingerprint density at radius 3 is 2.47 bits per heavy atom. The van der Waals surface area contributed by atoms with Gasteiger partial charge in [-0.2, -0.15) is 0 Å². The van der Waals surface area contributed by atoms with Crippen molar-refractivity contribution >= 4 is 0 Å². The Labute approximate surface area is 119 Å². The molecule has 106 valence electrons. The third-order valence-electron chi connectivity index (χ3n) is 4.17. The average Bonchev–Trinajstić information content (AvgIpc) is 2.47. The zero-order valence-corrected chi connectivity index (χ0v) is 12.7. The Morgan fingerprint density at radius 1 is 1.26 bits per heavy atom. The molecule has 0 amide bonds. The number of hydrogen-bond donors (Lipinski definition) is 1. The number of hydrogen-bond acceptors (Lipinski definition) is 1. The van der Waals surface area contributed by atoms with Crippen LogP contribution in [-0.2, 0) is 0 Å². The lowest BCUT2D eigenvalue weighted by Gasteiger charge is -2.32. The molecule has 0 aromatic heterocycles. The Morgan fingerprint density at radius 2 is 1.95 bits per heavy atom. The largest absolute Gasteiger partial charge is 0.316 e. The van der Waals surface area contributed by atoms with Crippen LogP contribution >= 0.6 is 0 Å². The molecule has 0 saturated carbocycles. The van der Waals surface area contributed by atoms with Crippen molar-refractivity contribution < 1.29 is 0 Å². The molecule has 3 atom stereocenters. The molecule has 1 aromatic carbocycles. The Kier molecular flexibility index (Phi) is 7.50. The van der Waals surface area contributed by atoms with E-state index >= 15 is 0 Å². The molecule has 1 nitrogen and oxygen atoms in total. The van der Waals surface area contributed by atoms with Gasteiger partial charge in [0.05, 0.1) is 0 Å². The van der Waals surface area contributed by atoms with E-state index < -0.39 is 0 Å². The normalized spacial score (nSPS) is 15.7. The van der Waals surface area contributed by atoms with Crippen LogP contribution in [0.5, 0.6) is 0 Å². The summed E-state index contributed by atoms with van der Waals surface area (Å²) in [5.74, 6) is 1.30. The van der Waals surface area contributed by atoms with Crippen LogP contribution < -0.4 is 5.32 Å². The zero-order chi connectivity index (χ0) is 14.1. The second-order valence-electron chi connectivity index (χ2n) is 5.44. The monoisotopic (exact) mass is 259 g/mol. The van der Waals surface area contributed by atoms with E-state index in [-0.39, 0.29) is 0 Å². The molecule has 0 fully saturated rings. The minimum absolute atomic E-state index is 0.553. The number of benzene rings is 1. The summed E-state index contributed by atoms with van der Waals surface area (Å²) in [6.45, 7) is 8.48. The summed E-state index contributed by atoms with van der Waals surface area (Å²) in [5, 5.41) is 3.54. The lowest BCUT2D eigenvalue weighted by molar-refractivity contribution is 0.330. The average molecular weight is 259 g/mol. The first-order chi connectivity index (χ1) is 9.24. The van der Waals surface area contributed by atoms with E-state index in [1.165, 1.54) is 24.8 Å². The standard InChI is InChI=1S/C18H29N/c1-5-7-9-14-17(19-4)18(15(3)6-2)16-12-10-8-11-13-16/h5,8,10-13,15,17-19H,1,6-7,9,14H2,2-4H3. The van der Waals surface area contributed by atoms with Gasteiger partial charge >= 0.3 is 0 Å². The highest BCUT2D eigenvalue weighted by atomic mass is 14.9. The highest BCUT2D eigenvalue weighted by Crippen LogP contribution is 2.32. The van der Waals surface area contributed by atoms with Crippen LogP contribution in [0.4, 0.5) is 0 Å². The van der Waals surface area contributed by atoms with Crippen molar-refractivity contribution in [2.75, 3.05) is 7.05 Å². The summed E-state index contributed by atoms with van der Waals surface area (Å²) in [6.07, 6.45) is 6.79. The maximum Gasteiger partial charge on any atom is 0.0135 e. The zero-order valence-electron chi connectivity index (χ0n) is 12.7. The molecule has 1 heteroatoms. The van der Waals surface area contributed by atoms with Gasteiger partial charge < -0.3 is 5.32 Å². The van der Waals surface area contributed by atoms with Gasteiger partial charge in [0.15, 0.2) is 0 Å². The van der Waals surface area contributed by atoms with E-state index in [2.05, 4.69) is 63.1 Å². The van der Waals surface area contributed by atoms with Crippen molar-refractivity contribution in [1.29, 1.82) is 0 Å². The first-order valence-corrected chi connectivity index (χ1v) is 7.57. The van der Waals surface area contributed by atoms with Crippen LogP contribution in [0.1, 0.15) is 51.0 Å². The SMILES string of the molecule is C=CCCCC(NC)C(c1ccccc1)C(C)CC. The maximum atomic E-state index is 3.82. The quantitative estimate of drug-likeness (QED) is 0.498. The van der Waals surface area contributed by atoms with Crippen LogP contribution in [0, 0.1) is 5.92 Å². The molecule has 0 bridgehead atoms. The van der Waals surface area contributed by atoms with Crippen molar-refractivity contribution in [2.45, 2.75) is 51.5 Å². The first-order valence-electron chi connectivity index (χ1n) is 7.57. The lowest BCUT2D eigenvalue weighted by atomic mass is 9.78. The second kappa shape index (κ2) is 8.92. The molecule has 19 heavy (non-hydrogen) atoms. The topological polar surface area (TPSA) is 12.0 Å². The summed E-state index contributed by atoms with van der Waals surface area (Å²) in [7, 11) is 2.09. The van der Waals surface area contributed by atoms with E-state index in [0.29, 0.717) is 17.9 Å². The van der Waals surface area contributed by atoms with Gasteiger partial charge in [-0.25, -0.2) is 0 Å². The predicted octanol–water partition coefficient (Wildman–Crippen LogP) is 4.76. The lowest BCUT2D eigenvalue weighted by Crippen LogP contribution is -2.35. The van der Waals surface area contributed by atoms with Crippen molar-refractivity contribution in [3.63, 3.8) is 0 Å². The van der Waals surface area contributed by atoms with Gasteiger partial charge in [-0.05, 0) is 37.8 Å². The molecule has 1 N–H and O–H groups in total. The number of allylic oxidation sites excluding steroid dienone is 1. The van der Waals surface area contributed by atoms with Crippen molar-refractivity contribution in [3.05, 3.63) is 48.6 Å². The highest BCUT2D eigenvalue weighted by molar-refractivity contribution is 5.22. The molecular formula is C18H29N. The molecule has 1 aromatic rings. The Hall–Kier alpha value is -1.08. The molecule has 0 saturated heterocycles. The fourth-order valence-electron chi connectivity index (χ4n) is 2.87. The smallest absolute Gasteiger partial charge is 0.0135 e. The summed E-state index contributed by atoms with van der Waals surface area (Å²) in [6, 6.07) is 11.5. The van der Waals surface area contributed by atoms with Crippen LogP contribution in [0.2, 0.25) is 0 Å². The summed E-state index contributed by atoms with van der Waals surface area (Å²) in [4.78, 5) is 0. The Balaban J connectivity index is 2.85. The number of unbranched alkanes of at least 4 members (excludes halogenated alkanes) is 1. The number of likely N-dealkylation sites (N-methyl/N-ethyl adjacent to an activating group) is 1. The molecule has 0 aliphatic heterocycles. The molecule has 1 rings (SSSR count). The van der Waals surface area contributed by atoms with E-state index in [1.807, 2.05) is 6.08 Å². The van der Waals surface area contributed by atoms with E-state index in [0.717, 1.165) is 6.42 Å². The molecular weight excluding hydrogens is 230 g/mol. The van der Waals surface area contributed by atoms with Crippen LogP contribution in [0.25, 0.3) is 0 Å². The van der Waals surface area contributed by atoms with Gasteiger partial charge in [-0.15, -0.1) is 6.58 Å². The Bertz CT molecular complexity index is 344. The van der Waals surface area contributed by atoms with Crippen molar-refractivity contribution in [3.8, 4) is 0 Å². The van der Waals surface area contributed by atoms with Crippen LogP contribution in [0.3, 0.4) is 0 Å². The number of nitrogens with one attached hydrogen (secondary N) is 1. The molecule has 0 radical (unpaired) electrons. The second-order valence-corrected chi connectivity index (χ2v) is 5.44. The molecule has 0 heterocycles. The molecule has 0 aliphatic carbocycles. The summed E-state index contributed by atoms with van der Waals surface area (Å²) in [5.41, 5.74) is 1.47. The van der Waals surface area contributed by atoms with E-state index in [4.69, 9.17) is 0 Å². The maximum absolute atomic E-state index is 3.82. The van der Waals surface area contributed by atoms with Gasteiger partial charge in [0.25, 0.3) is 0 Å². The third kappa shape index (κ3) is 4.83. The van der Waals surface area contributed by atoms with Gasteiger partial charge in [0.1, 0.15) is 0 Å². The minimum Gasteiger partial charge on any atom is -0.316 e. The summed E-state index contributed by atoms with van der Waals surface area (Å²) < 4.78 is 0. The molecule has 3 unspecified atom stereocenters. The minimum atomic E-state index is 0.553. The van der Waals surface area contributed by atoms with Crippen molar-refractivity contribution in [2.24, 2.45) is 5.92 Å². The van der Waals surface area contributed by atoms with Crippen LogP contribution in [0.15, 0.2) is 43.0 Å². The van der Waals surface area contributed by atoms with Gasteiger partial charge in [-0.1, -0.05) is 56.7 Å². The molecule has 0 aliphatic rings. The molecule has 0 spiro atoms. The van der Waals surface area contributed by atoms with E-state index in [9.17, 15) is 0 Å². The van der Waals surface area contributed by atoms with Gasteiger partial charge in [0, 0.05) is 12.0 Å². The third-order valence-corrected chi connectivity index (χ3v) is 4.17. The van der Waals surface area contributed by atoms with E-state index in [1.54, 1.807) is 0 Å². The fourth-order valence-corrected chi connectivity index (χ4v) is 2.87. The highest BCUT2D eigenvalue weighted by Gasteiger charge is 2.25. The fraction of sp³-hybridized carbons (Fsp3) is 0.556. The first kappa shape index (κ1) is 16.0. The van der Waals surface area contributed by atoms with Gasteiger partial charge in [-0.3, -0.25) is 0 Å². The van der Waals surface area contributed by atoms with Crippen LogP contribution in [-0.4, -0.2) is 13.1 Å². The van der Waals surface area contributed by atoms with Gasteiger partial charge in [0.2, 0.25) is 0 Å². The predicted molar refractivity (Wildman–Crippen MR) is 85.5 cm³/mol. The van der Waals surface area contributed by atoms with Crippen molar-refractivity contribution in [1.82, 2.24) is 5.32 Å². The number of rotatable bonds is 9. The summed E-state index contributed by atoms with van der Waals surface area (Å²) >= 11 is 0.